The minimum absolute atomic E-state index is 0.104. The third-order valence-electron chi connectivity index (χ3n) is 6.21. The number of thiophene rings is 1. The first-order valence-corrected chi connectivity index (χ1v) is 13.0. The summed E-state index contributed by atoms with van der Waals surface area (Å²) in [6.45, 7) is 2.31. The van der Waals surface area contributed by atoms with Crippen molar-refractivity contribution in [3.63, 3.8) is 0 Å². The molecule has 0 radical (unpaired) electrons. The molecule has 4 aromatic heterocycles. The number of nitrogens with two attached hydrogens (primary N) is 1. The molecule has 5 heterocycles. The van der Waals surface area contributed by atoms with Crippen molar-refractivity contribution in [2.75, 3.05) is 17.7 Å². The van der Waals surface area contributed by atoms with Crippen LogP contribution >= 0.6 is 11.3 Å². The molecule has 0 fully saturated rings. The number of anilines is 1. The predicted molar refractivity (Wildman–Crippen MR) is 150 cm³/mol. The van der Waals surface area contributed by atoms with E-state index in [2.05, 4.69) is 32.7 Å². The van der Waals surface area contributed by atoms with Gasteiger partial charge in [0.15, 0.2) is 17.3 Å². The van der Waals surface area contributed by atoms with Crippen LogP contribution in [0.3, 0.4) is 0 Å². The number of imidazole rings is 1. The lowest BCUT2D eigenvalue weighted by Crippen LogP contribution is -2.35. The molecule has 0 aliphatic carbocycles. The SMILES string of the molecule is CC(NC(=O)c1c(N)nc2n1NCC=C2)c1nc2scc(C#Cc3cnn(C)c3)c2c(=O)n1-c1ccccc1. The number of aryl methyl sites for hydroxylation is 1. The highest BCUT2D eigenvalue weighted by Crippen LogP contribution is 2.25. The number of carbonyl (C=O) groups excluding carboxylic acids is 1. The number of hydrogen-bond donors (Lipinski definition) is 3. The molecule has 0 spiro atoms. The van der Waals surface area contributed by atoms with Crippen molar-refractivity contribution in [2.45, 2.75) is 13.0 Å². The molecule has 1 unspecified atom stereocenters. The highest BCUT2D eigenvalue weighted by molar-refractivity contribution is 7.17. The summed E-state index contributed by atoms with van der Waals surface area (Å²) in [4.78, 5) is 37.0. The van der Waals surface area contributed by atoms with E-state index < -0.39 is 11.9 Å². The first kappa shape index (κ1) is 24.2. The predicted octanol–water partition coefficient (Wildman–Crippen LogP) is 2.42. The van der Waals surface area contributed by atoms with E-state index in [1.54, 1.807) is 34.8 Å². The largest absolute Gasteiger partial charge is 0.382 e. The molecule has 6 rings (SSSR count). The van der Waals surface area contributed by atoms with Gasteiger partial charge in [-0.25, -0.2) is 14.6 Å². The van der Waals surface area contributed by atoms with Crippen molar-refractivity contribution >= 4 is 39.4 Å². The number of hydrogen-bond acceptors (Lipinski definition) is 8. The molecule has 4 N–H and O–H groups in total. The topological polar surface area (TPSA) is 138 Å². The summed E-state index contributed by atoms with van der Waals surface area (Å²) in [5.41, 5.74) is 11.0. The van der Waals surface area contributed by atoms with Gasteiger partial charge in [0.05, 0.1) is 34.4 Å². The number of amides is 1. The Labute approximate surface area is 226 Å². The lowest BCUT2D eigenvalue weighted by Gasteiger charge is -2.20. The third kappa shape index (κ3) is 4.34. The van der Waals surface area contributed by atoms with E-state index in [4.69, 9.17) is 10.7 Å². The van der Waals surface area contributed by atoms with Gasteiger partial charge in [0.25, 0.3) is 11.5 Å². The number of benzene rings is 1. The molecule has 1 aliphatic rings. The van der Waals surface area contributed by atoms with Crippen molar-refractivity contribution in [1.29, 1.82) is 0 Å². The Morgan fingerprint density at radius 2 is 2.05 bits per heavy atom. The van der Waals surface area contributed by atoms with Crippen molar-refractivity contribution in [3.05, 3.63) is 93.0 Å². The van der Waals surface area contributed by atoms with Crippen LogP contribution in [0.15, 0.2) is 59.0 Å². The normalized spacial score (nSPS) is 12.9. The number of rotatable bonds is 4. The van der Waals surface area contributed by atoms with Gasteiger partial charge in [0.2, 0.25) is 0 Å². The molecule has 1 aliphatic heterocycles. The van der Waals surface area contributed by atoms with E-state index in [0.717, 1.165) is 5.56 Å². The maximum atomic E-state index is 14.0. The van der Waals surface area contributed by atoms with Gasteiger partial charge in [-0.2, -0.15) is 5.10 Å². The maximum Gasteiger partial charge on any atom is 0.274 e. The Hall–Kier alpha value is -5.15. The third-order valence-corrected chi connectivity index (χ3v) is 7.08. The summed E-state index contributed by atoms with van der Waals surface area (Å²) < 4.78 is 4.75. The number of nitrogens with zero attached hydrogens (tertiary/aromatic N) is 6. The Bertz CT molecular complexity index is 1880. The van der Waals surface area contributed by atoms with Gasteiger partial charge in [-0.1, -0.05) is 36.1 Å². The van der Waals surface area contributed by atoms with E-state index >= 15 is 0 Å². The van der Waals surface area contributed by atoms with E-state index in [9.17, 15) is 9.59 Å². The molecule has 1 aromatic carbocycles. The number of nitrogens with one attached hydrogen (secondary N) is 2. The fourth-order valence-electron chi connectivity index (χ4n) is 4.42. The standard InChI is InChI=1S/C27H23N9O2S/c1-16(31-25(37)22-23(28)32-20-9-6-12-29-36(20)22)24-33-26-21(27(38)35(24)19-7-4-3-5-8-19)18(15-39-26)11-10-17-13-30-34(2)14-17/h3-9,13-16,29H,12,28H2,1-2H3,(H,31,37). The highest BCUT2D eigenvalue weighted by atomic mass is 32.1. The second kappa shape index (κ2) is 9.62. The van der Waals surface area contributed by atoms with Crippen LogP contribution in [0.2, 0.25) is 0 Å². The van der Waals surface area contributed by atoms with Crippen molar-refractivity contribution < 1.29 is 4.79 Å². The minimum atomic E-state index is -0.647. The lowest BCUT2D eigenvalue weighted by atomic mass is 10.2. The summed E-state index contributed by atoms with van der Waals surface area (Å²) >= 11 is 1.33. The Morgan fingerprint density at radius 1 is 1.23 bits per heavy atom. The van der Waals surface area contributed by atoms with Crippen LogP contribution in [-0.4, -0.2) is 41.4 Å². The summed E-state index contributed by atoms with van der Waals surface area (Å²) in [6.07, 6.45) is 7.16. The second-order valence-electron chi connectivity index (χ2n) is 8.93. The second-order valence-corrected chi connectivity index (χ2v) is 9.79. The smallest absolute Gasteiger partial charge is 0.274 e. The summed E-state index contributed by atoms with van der Waals surface area (Å²) in [6, 6.07) is 8.55. The molecule has 5 aromatic rings. The van der Waals surface area contributed by atoms with Crippen LogP contribution in [0, 0.1) is 11.8 Å². The monoisotopic (exact) mass is 537 g/mol. The van der Waals surface area contributed by atoms with Gasteiger partial charge in [-0.05, 0) is 25.1 Å². The van der Waals surface area contributed by atoms with E-state index in [-0.39, 0.29) is 17.1 Å². The Balaban J connectivity index is 1.43. The average Bonchev–Trinajstić information content (AvgIpc) is 3.63. The molecule has 1 atom stereocenters. The van der Waals surface area contributed by atoms with Crippen molar-refractivity contribution in [2.24, 2.45) is 7.05 Å². The molecule has 0 bridgehead atoms. The Kier molecular flexibility index (Phi) is 5.97. The molecule has 194 valence electrons. The van der Waals surface area contributed by atoms with E-state index in [0.29, 0.717) is 39.7 Å². The zero-order valence-electron chi connectivity index (χ0n) is 21.0. The molecule has 0 saturated carbocycles. The zero-order valence-corrected chi connectivity index (χ0v) is 21.9. The molecule has 39 heavy (non-hydrogen) atoms. The molecule has 0 saturated heterocycles. The number of fused-ring (bicyclic) bond motifs is 2. The fourth-order valence-corrected chi connectivity index (χ4v) is 5.29. The number of carbonyl (C=O) groups is 1. The molecule has 1 amide bonds. The summed E-state index contributed by atoms with van der Waals surface area (Å²) in [7, 11) is 1.82. The van der Waals surface area contributed by atoms with Crippen LogP contribution < -0.4 is 22.0 Å². The van der Waals surface area contributed by atoms with Gasteiger partial charge in [-0.3, -0.25) is 18.8 Å². The maximum absolute atomic E-state index is 14.0. The zero-order chi connectivity index (χ0) is 27.1. The fraction of sp³-hybridized carbons (Fsp3) is 0.148. The number of para-hydroxylation sites is 1. The molecular weight excluding hydrogens is 514 g/mol. The minimum Gasteiger partial charge on any atom is -0.382 e. The first-order chi connectivity index (χ1) is 18.9. The molecule has 12 heteroatoms. The van der Waals surface area contributed by atoms with Crippen LogP contribution in [0.5, 0.6) is 0 Å². The number of aromatic nitrogens is 6. The van der Waals surface area contributed by atoms with Gasteiger partial charge in [0, 0.05) is 25.2 Å². The highest BCUT2D eigenvalue weighted by Gasteiger charge is 2.26. The average molecular weight is 538 g/mol. The van der Waals surface area contributed by atoms with Gasteiger partial charge in [0.1, 0.15) is 10.7 Å². The van der Waals surface area contributed by atoms with Gasteiger partial charge >= 0.3 is 0 Å². The van der Waals surface area contributed by atoms with Crippen LogP contribution in [0.25, 0.3) is 22.0 Å². The molecule has 11 nitrogen and oxygen atoms in total. The Morgan fingerprint density at radius 3 is 2.82 bits per heavy atom. The van der Waals surface area contributed by atoms with E-state index in [1.807, 2.05) is 48.8 Å². The number of nitrogen functional groups attached to an aromatic ring is 1. The first-order valence-electron chi connectivity index (χ1n) is 12.1. The van der Waals surface area contributed by atoms with Gasteiger partial charge < -0.3 is 16.5 Å². The van der Waals surface area contributed by atoms with Crippen LogP contribution in [-0.2, 0) is 7.05 Å². The van der Waals surface area contributed by atoms with Crippen molar-refractivity contribution in [3.8, 4) is 17.5 Å². The summed E-state index contributed by atoms with van der Waals surface area (Å²) in [5.74, 6) is 6.75. The molecular formula is C27H23N9O2S. The van der Waals surface area contributed by atoms with Crippen LogP contribution in [0.4, 0.5) is 5.82 Å². The van der Waals surface area contributed by atoms with Gasteiger partial charge in [-0.15, -0.1) is 11.3 Å². The van der Waals surface area contributed by atoms with Crippen molar-refractivity contribution in [1.82, 2.24) is 34.3 Å². The summed E-state index contributed by atoms with van der Waals surface area (Å²) in [5, 5.41) is 9.33. The van der Waals surface area contributed by atoms with E-state index in [1.165, 1.54) is 15.9 Å². The lowest BCUT2D eigenvalue weighted by molar-refractivity contribution is 0.0930. The van der Waals surface area contributed by atoms with Crippen LogP contribution in [0.1, 0.15) is 46.2 Å². The quantitative estimate of drug-likeness (QED) is 0.299.